The molecule has 1 N–H and O–H groups in total. The highest BCUT2D eigenvalue weighted by molar-refractivity contribution is 9.10. The lowest BCUT2D eigenvalue weighted by molar-refractivity contribution is 0.300. The maximum Gasteiger partial charge on any atom is 0.138 e. The second kappa shape index (κ2) is 9.91. The number of aromatic nitrogens is 3. The van der Waals surface area contributed by atoms with Gasteiger partial charge in [-0.05, 0) is 73.7 Å². The highest BCUT2D eigenvalue weighted by Crippen LogP contribution is 2.37. The van der Waals surface area contributed by atoms with Crippen LogP contribution >= 0.6 is 15.9 Å². The van der Waals surface area contributed by atoms with Gasteiger partial charge >= 0.3 is 0 Å². The van der Waals surface area contributed by atoms with Crippen molar-refractivity contribution in [3.05, 3.63) is 124 Å². The third-order valence-electron chi connectivity index (χ3n) is 6.46. The van der Waals surface area contributed by atoms with Gasteiger partial charge in [0.2, 0.25) is 0 Å². The molecule has 0 aliphatic heterocycles. The monoisotopic (exact) mass is 569 g/mol. The Balaban J connectivity index is 1.39. The summed E-state index contributed by atoms with van der Waals surface area (Å²) in [5, 5.41) is 0. The van der Waals surface area contributed by atoms with Crippen LogP contribution in [0.2, 0.25) is 0 Å². The van der Waals surface area contributed by atoms with Gasteiger partial charge in [0.05, 0.1) is 16.7 Å². The molecule has 4 nitrogen and oxygen atoms in total. The molecular formula is C31H22BrF2N3O. The van der Waals surface area contributed by atoms with Crippen LogP contribution in [-0.4, -0.2) is 14.5 Å². The molecule has 0 radical (unpaired) electrons. The molecule has 188 valence electrons. The normalized spacial score (nSPS) is 11.3. The van der Waals surface area contributed by atoms with Crippen molar-refractivity contribution in [2.45, 2.75) is 13.5 Å². The van der Waals surface area contributed by atoms with Gasteiger partial charge in [-0.25, -0.2) is 13.8 Å². The van der Waals surface area contributed by atoms with Crippen molar-refractivity contribution in [1.29, 1.82) is 0 Å². The number of aromatic amines is 1. The molecule has 2 aromatic heterocycles. The molecule has 0 aliphatic carbocycles. The summed E-state index contributed by atoms with van der Waals surface area (Å²) in [7, 11) is 0. The molecule has 6 aromatic rings. The molecule has 0 fully saturated rings. The van der Waals surface area contributed by atoms with E-state index in [9.17, 15) is 8.78 Å². The number of nitrogens with zero attached hydrogens (tertiary/aromatic N) is 2. The van der Waals surface area contributed by atoms with E-state index >= 15 is 0 Å². The predicted molar refractivity (Wildman–Crippen MR) is 149 cm³/mol. The molecule has 38 heavy (non-hydrogen) atoms. The topological polar surface area (TPSA) is 42.8 Å². The van der Waals surface area contributed by atoms with Gasteiger partial charge in [0.25, 0.3) is 0 Å². The first-order chi connectivity index (χ1) is 18.5. The second-order valence-electron chi connectivity index (χ2n) is 9.01. The van der Waals surface area contributed by atoms with Gasteiger partial charge in [-0.3, -0.25) is 0 Å². The third-order valence-corrected chi connectivity index (χ3v) is 6.95. The van der Waals surface area contributed by atoms with Crippen LogP contribution < -0.4 is 4.74 Å². The first-order valence-electron chi connectivity index (χ1n) is 12.1. The minimum Gasteiger partial charge on any atom is -0.488 e. The zero-order chi connectivity index (χ0) is 26.2. The van der Waals surface area contributed by atoms with E-state index in [2.05, 4.69) is 37.6 Å². The number of benzene rings is 4. The summed E-state index contributed by atoms with van der Waals surface area (Å²) in [6.45, 7) is 2.02. The molecule has 6 rings (SSSR count). The lowest BCUT2D eigenvalue weighted by Crippen LogP contribution is -2.03. The van der Waals surface area contributed by atoms with Gasteiger partial charge in [0, 0.05) is 38.6 Å². The zero-order valence-electron chi connectivity index (χ0n) is 20.4. The van der Waals surface area contributed by atoms with E-state index in [1.165, 1.54) is 12.1 Å². The summed E-state index contributed by atoms with van der Waals surface area (Å²) in [6.07, 6.45) is 0. The van der Waals surface area contributed by atoms with E-state index in [4.69, 9.17) is 9.72 Å². The Morgan fingerprint density at radius 3 is 2.61 bits per heavy atom. The van der Waals surface area contributed by atoms with E-state index < -0.39 is 11.6 Å². The van der Waals surface area contributed by atoms with E-state index in [0.29, 0.717) is 5.75 Å². The van der Waals surface area contributed by atoms with Crippen LogP contribution in [-0.2, 0) is 6.61 Å². The van der Waals surface area contributed by atoms with Gasteiger partial charge < -0.3 is 14.3 Å². The number of hydrogen-bond acceptors (Lipinski definition) is 2. The minimum absolute atomic E-state index is 0.0258. The van der Waals surface area contributed by atoms with Crippen molar-refractivity contribution in [3.8, 4) is 34.1 Å². The van der Waals surface area contributed by atoms with Crippen LogP contribution in [0.4, 0.5) is 8.78 Å². The number of aryl methyl sites for hydroxylation is 1. The highest BCUT2D eigenvalue weighted by atomic mass is 79.9. The van der Waals surface area contributed by atoms with Gasteiger partial charge in [-0.1, -0.05) is 40.2 Å². The molecule has 4 aromatic carbocycles. The standard InChI is InChI=1S/C31H22BrF2N3O/c1-19-9-13-29(25-16-22(32)11-14-30(25)38-18-21-10-12-23(33)17-26(21)34)37(19)24-6-4-5-20(15-24)31-35-27-7-2-3-8-28(27)36-31/h2-17H,18H2,1H3,(H,35,36). The van der Waals surface area contributed by atoms with E-state index in [1.807, 2.05) is 73.7 Å². The van der Waals surface area contributed by atoms with Crippen molar-refractivity contribution in [2.75, 3.05) is 0 Å². The Hall–Kier alpha value is -4.23. The summed E-state index contributed by atoms with van der Waals surface area (Å²) in [4.78, 5) is 8.16. The van der Waals surface area contributed by atoms with Crippen molar-refractivity contribution in [3.63, 3.8) is 0 Å². The molecule has 0 saturated carbocycles. The fourth-order valence-electron chi connectivity index (χ4n) is 4.60. The van der Waals surface area contributed by atoms with Gasteiger partial charge in [-0.15, -0.1) is 0 Å². The molecule has 7 heteroatoms. The molecule has 0 bridgehead atoms. The van der Waals surface area contributed by atoms with Crippen LogP contribution in [0, 0.1) is 18.6 Å². The lowest BCUT2D eigenvalue weighted by Gasteiger charge is -2.17. The highest BCUT2D eigenvalue weighted by Gasteiger charge is 2.16. The van der Waals surface area contributed by atoms with Gasteiger partial charge in [0.15, 0.2) is 0 Å². The number of nitrogens with one attached hydrogen (secondary N) is 1. The Bertz CT molecular complexity index is 1760. The summed E-state index contributed by atoms with van der Waals surface area (Å²) < 4.78 is 36.7. The minimum atomic E-state index is -0.634. The average molecular weight is 570 g/mol. The number of ether oxygens (including phenoxy) is 1. The molecule has 0 atom stereocenters. The Morgan fingerprint density at radius 2 is 1.76 bits per heavy atom. The molecule has 0 amide bonds. The average Bonchev–Trinajstić information content (AvgIpc) is 3.52. The SMILES string of the molecule is Cc1ccc(-c2cc(Br)ccc2OCc2ccc(F)cc2F)n1-c1cccc(-c2nc3ccccc3[nH]2)c1. The van der Waals surface area contributed by atoms with Crippen LogP contribution in [0.25, 0.3) is 39.4 Å². The fourth-order valence-corrected chi connectivity index (χ4v) is 4.96. The Morgan fingerprint density at radius 1 is 0.895 bits per heavy atom. The number of H-pyrrole nitrogens is 1. The quantitative estimate of drug-likeness (QED) is 0.218. The zero-order valence-corrected chi connectivity index (χ0v) is 22.0. The van der Waals surface area contributed by atoms with Crippen LogP contribution in [0.5, 0.6) is 5.75 Å². The molecule has 0 saturated heterocycles. The number of imidazole rings is 1. The Labute approximate surface area is 226 Å². The predicted octanol–water partition coefficient (Wildman–Crippen LogP) is 8.62. The van der Waals surface area contributed by atoms with Crippen LogP contribution in [0.15, 0.2) is 102 Å². The lowest BCUT2D eigenvalue weighted by atomic mass is 10.1. The number of fused-ring (bicyclic) bond motifs is 1. The van der Waals surface area contributed by atoms with Crippen molar-refractivity contribution in [1.82, 2.24) is 14.5 Å². The number of halogens is 3. The Kier molecular flexibility index (Phi) is 6.29. The van der Waals surface area contributed by atoms with E-state index in [0.717, 1.165) is 55.6 Å². The number of hydrogen-bond donors (Lipinski definition) is 1. The molecule has 0 spiro atoms. The van der Waals surface area contributed by atoms with Gasteiger partial charge in [-0.2, -0.15) is 0 Å². The van der Waals surface area contributed by atoms with Crippen LogP contribution in [0.3, 0.4) is 0 Å². The second-order valence-corrected chi connectivity index (χ2v) is 9.93. The van der Waals surface area contributed by atoms with E-state index in [1.54, 1.807) is 0 Å². The summed E-state index contributed by atoms with van der Waals surface area (Å²) in [5.41, 5.74) is 6.91. The largest absolute Gasteiger partial charge is 0.488 e. The fraction of sp³-hybridized carbons (Fsp3) is 0.0645. The smallest absolute Gasteiger partial charge is 0.138 e. The van der Waals surface area contributed by atoms with Crippen LogP contribution in [0.1, 0.15) is 11.3 Å². The van der Waals surface area contributed by atoms with Crippen molar-refractivity contribution >= 4 is 27.0 Å². The molecule has 2 heterocycles. The maximum absolute atomic E-state index is 14.2. The molecule has 0 aliphatic rings. The summed E-state index contributed by atoms with van der Waals surface area (Å²) in [5.74, 6) is 0.135. The molecule has 0 unspecified atom stereocenters. The van der Waals surface area contributed by atoms with Crippen molar-refractivity contribution < 1.29 is 13.5 Å². The summed E-state index contributed by atoms with van der Waals surface area (Å²) >= 11 is 3.58. The number of para-hydroxylation sites is 2. The third kappa shape index (κ3) is 4.61. The summed E-state index contributed by atoms with van der Waals surface area (Å²) in [6, 6.07) is 29.4. The maximum atomic E-state index is 14.2. The van der Waals surface area contributed by atoms with Crippen molar-refractivity contribution in [2.24, 2.45) is 0 Å². The first-order valence-corrected chi connectivity index (χ1v) is 12.9. The first kappa shape index (κ1) is 24.1. The van der Waals surface area contributed by atoms with E-state index in [-0.39, 0.29) is 12.2 Å². The number of rotatable bonds is 6. The van der Waals surface area contributed by atoms with Gasteiger partial charge in [0.1, 0.15) is 29.8 Å². The molecular weight excluding hydrogens is 548 g/mol.